The highest BCUT2D eigenvalue weighted by molar-refractivity contribution is 5.75. The van der Waals surface area contributed by atoms with E-state index in [9.17, 15) is 4.79 Å². The number of hydrogen-bond donors (Lipinski definition) is 1. The number of likely N-dealkylation sites (N-methyl/N-ethyl adjacent to an activating group) is 1. The molecule has 0 aromatic carbocycles. The number of rotatable bonds is 0. The normalized spacial score (nSPS) is 21.9. The summed E-state index contributed by atoms with van der Waals surface area (Å²) in [6.45, 7) is 2.92. The van der Waals surface area contributed by atoms with Gasteiger partial charge in [0.15, 0.2) is 0 Å². The van der Waals surface area contributed by atoms with Crippen LogP contribution >= 0.6 is 0 Å². The van der Waals surface area contributed by atoms with Gasteiger partial charge in [-0.2, -0.15) is 0 Å². The van der Waals surface area contributed by atoms with Gasteiger partial charge in [0.1, 0.15) is 0 Å². The Morgan fingerprint density at radius 3 is 3.11 bits per heavy atom. The fraction of sp³-hybridized carbons (Fsp3) is 0.833. The molecule has 9 heavy (non-hydrogen) atoms. The average molecular weight is 129 g/mol. The Morgan fingerprint density at radius 1 is 1.56 bits per heavy atom. The van der Waals surface area contributed by atoms with Crippen molar-refractivity contribution in [2.45, 2.75) is 6.42 Å². The first-order chi connectivity index (χ1) is 4.30. The summed E-state index contributed by atoms with van der Waals surface area (Å²) in [7, 11) is 1.86. The molecular weight excluding hydrogens is 116 g/mol. The maximum Gasteiger partial charge on any atom is 0.228 e. The minimum atomic E-state index is 0.281. The second-order valence-corrected chi connectivity index (χ2v) is 2.43. The van der Waals surface area contributed by atoms with E-state index < -0.39 is 0 Å². The quantitative estimate of drug-likeness (QED) is 0.421. The second kappa shape index (κ2) is 2.82. The predicted molar refractivity (Wildman–Crippen MR) is 33.9 cm³/mol. The van der Waals surface area contributed by atoms with Gasteiger partial charge in [0, 0.05) is 7.05 Å². The van der Waals surface area contributed by atoms with Crippen molar-refractivity contribution >= 4 is 5.91 Å². The third-order valence-corrected chi connectivity index (χ3v) is 1.66. The third-order valence-electron chi connectivity index (χ3n) is 1.66. The molecule has 0 aliphatic carbocycles. The van der Waals surface area contributed by atoms with Crippen molar-refractivity contribution in [2.24, 2.45) is 0 Å². The molecule has 0 unspecified atom stereocenters. The van der Waals surface area contributed by atoms with Crippen LogP contribution in [-0.2, 0) is 4.79 Å². The minimum Gasteiger partial charge on any atom is -0.344 e. The van der Waals surface area contributed by atoms with Crippen molar-refractivity contribution < 1.29 is 10.1 Å². The maximum absolute atomic E-state index is 10.9. The lowest BCUT2D eigenvalue weighted by molar-refractivity contribution is -0.651. The molecule has 3 heteroatoms. The molecule has 1 heterocycles. The van der Waals surface area contributed by atoms with Crippen LogP contribution in [0.4, 0.5) is 0 Å². The Balaban J connectivity index is 2.41. The summed E-state index contributed by atoms with van der Waals surface area (Å²) in [5, 5.41) is 2.18. The van der Waals surface area contributed by atoms with Gasteiger partial charge in [-0.15, -0.1) is 0 Å². The average Bonchev–Trinajstić information content (AvgIpc) is 1.99. The second-order valence-electron chi connectivity index (χ2n) is 2.43. The molecule has 52 valence electrons. The molecular formula is C6H13N2O+. The van der Waals surface area contributed by atoms with E-state index in [0.29, 0.717) is 6.42 Å². The van der Waals surface area contributed by atoms with Gasteiger partial charge in [0.25, 0.3) is 0 Å². The number of amides is 1. The van der Waals surface area contributed by atoms with Crippen LogP contribution in [0.5, 0.6) is 0 Å². The summed E-state index contributed by atoms with van der Waals surface area (Å²) < 4.78 is 0. The number of hydrogen-bond acceptors (Lipinski definition) is 1. The number of quaternary nitrogens is 1. The first-order valence-corrected chi connectivity index (χ1v) is 3.36. The first-order valence-electron chi connectivity index (χ1n) is 3.36. The fourth-order valence-electron chi connectivity index (χ4n) is 0.970. The lowest BCUT2D eigenvalue weighted by Crippen LogP contribution is -2.84. The van der Waals surface area contributed by atoms with Crippen LogP contribution < -0.4 is 5.32 Å². The summed E-state index contributed by atoms with van der Waals surface area (Å²) in [5.41, 5.74) is 0. The number of nitrogens with zero attached hydrogens (tertiary/aromatic N) is 1. The summed E-state index contributed by atoms with van der Waals surface area (Å²) in [5.74, 6) is 0.281. The van der Waals surface area contributed by atoms with E-state index in [1.807, 2.05) is 7.05 Å². The summed E-state index contributed by atoms with van der Waals surface area (Å²) in [4.78, 5) is 12.7. The van der Waals surface area contributed by atoms with Crippen molar-refractivity contribution in [1.29, 1.82) is 0 Å². The van der Waals surface area contributed by atoms with Crippen LogP contribution in [0.3, 0.4) is 0 Å². The molecule has 1 aliphatic rings. The van der Waals surface area contributed by atoms with Gasteiger partial charge in [-0.05, 0) is 0 Å². The van der Waals surface area contributed by atoms with Crippen LogP contribution in [0.1, 0.15) is 6.42 Å². The molecule has 1 amide bonds. The molecule has 0 atom stereocenters. The Hall–Kier alpha value is -0.570. The van der Waals surface area contributed by atoms with E-state index in [1.165, 1.54) is 0 Å². The van der Waals surface area contributed by atoms with Crippen LogP contribution in [0.25, 0.3) is 0 Å². The van der Waals surface area contributed by atoms with Crippen LogP contribution in [0, 0.1) is 0 Å². The highest BCUT2D eigenvalue weighted by Crippen LogP contribution is 1.88. The highest BCUT2D eigenvalue weighted by Gasteiger charge is 2.12. The summed E-state index contributed by atoms with van der Waals surface area (Å²) in [6, 6.07) is 0. The SMILES string of the molecule is CN1CC[NH2+]CCC1=O. The van der Waals surface area contributed by atoms with Gasteiger partial charge in [0.2, 0.25) is 5.91 Å². The fourth-order valence-corrected chi connectivity index (χ4v) is 0.970. The molecule has 0 aromatic rings. The molecule has 2 N–H and O–H groups in total. The van der Waals surface area contributed by atoms with E-state index in [-0.39, 0.29) is 5.91 Å². The highest BCUT2D eigenvalue weighted by atomic mass is 16.2. The third kappa shape index (κ3) is 1.68. The molecule has 0 bridgehead atoms. The zero-order chi connectivity index (χ0) is 6.69. The Bertz CT molecular complexity index is 114. The number of carbonyl (C=O) groups excluding carboxylic acids is 1. The molecule has 3 nitrogen and oxygen atoms in total. The summed E-state index contributed by atoms with van der Waals surface area (Å²) >= 11 is 0. The van der Waals surface area contributed by atoms with Gasteiger partial charge < -0.3 is 10.2 Å². The minimum absolute atomic E-state index is 0.281. The molecule has 0 radical (unpaired) electrons. The topological polar surface area (TPSA) is 36.9 Å². The molecule has 0 saturated carbocycles. The van der Waals surface area contributed by atoms with Crippen LogP contribution in [-0.4, -0.2) is 37.5 Å². The van der Waals surface area contributed by atoms with Gasteiger partial charge in [-0.25, -0.2) is 0 Å². The monoisotopic (exact) mass is 129 g/mol. The van der Waals surface area contributed by atoms with E-state index in [1.54, 1.807) is 4.90 Å². The molecule has 1 saturated heterocycles. The zero-order valence-electron chi connectivity index (χ0n) is 5.76. The van der Waals surface area contributed by atoms with Crippen molar-refractivity contribution in [3.05, 3.63) is 0 Å². The van der Waals surface area contributed by atoms with E-state index in [4.69, 9.17) is 0 Å². The Morgan fingerprint density at radius 2 is 2.33 bits per heavy atom. The lowest BCUT2D eigenvalue weighted by Gasteiger charge is -2.09. The van der Waals surface area contributed by atoms with E-state index in [2.05, 4.69) is 5.32 Å². The predicted octanol–water partition coefficient (Wildman–Crippen LogP) is -1.59. The lowest BCUT2D eigenvalue weighted by atomic mass is 10.4. The van der Waals surface area contributed by atoms with Gasteiger partial charge in [-0.1, -0.05) is 0 Å². The Labute approximate surface area is 55.0 Å². The molecule has 0 aromatic heterocycles. The summed E-state index contributed by atoms with van der Waals surface area (Å²) in [6.07, 6.45) is 0.705. The van der Waals surface area contributed by atoms with Crippen LogP contribution in [0.2, 0.25) is 0 Å². The van der Waals surface area contributed by atoms with Crippen molar-refractivity contribution in [3.63, 3.8) is 0 Å². The largest absolute Gasteiger partial charge is 0.344 e. The molecule has 0 spiro atoms. The smallest absolute Gasteiger partial charge is 0.228 e. The van der Waals surface area contributed by atoms with Crippen LogP contribution in [0.15, 0.2) is 0 Å². The van der Waals surface area contributed by atoms with Crippen molar-refractivity contribution in [3.8, 4) is 0 Å². The number of carbonyl (C=O) groups is 1. The van der Waals surface area contributed by atoms with Crippen molar-refractivity contribution in [1.82, 2.24) is 4.90 Å². The number of nitrogens with two attached hydrogens (primary N) is 1. The molecule has 1 fully saturated rings. The molecule has 1 aliphatic heterocycles. The van der Waals surface area contributed by atoms with Crippen molar-refractivity contribution in [2.75, 3.05) is 26.7 Å². The standard InChI is InChI=1S/C6H12N2O/c1-8-5-4-7-3-2-6(8)9/h7H,2-5H2,1H3/p+1. The van der Waals surface area contributed by atoms with Gasteiger partial charge in [0.05, 0.1) is 26.1 Å². The molecule has 1 rings (SSSR count). The van der Waals surface area contributed by atoms with E-state index >= 15 is 0 Å². The van der Waals surface area contributed by atoms with Gasteiger partial charge in [-0.3, -0.25) is 4.79 Å². The maximum atomic E-state index is 10.9. The zero-order valence-corrected chi connectivity index (χ0v) is 5.76. The van der Waals surface area contributed by atoms with E-state index in [0.717, 1.165) is 19.6 Å². The Kier molecular flexibility index (Phi) is 2.05. The van der Waals surface area contributed by atoms with Gasteiger partial charge >= 0.3 is 0 Å². The first kappa shape index (κ1) is 6.55.